The van der Waals surface area contributed by atoms with E-state index in [1.165, 1.54) is 11.8 Å². The number of benzene rings is 2. The minimum atomic E-state index is 0.111. The molecule has 1 aromatic heterocycles. The number of thioether (sulfide) groups is 1. The van der Waals surface area contributed by atoms with Crippen molar-refractivity contribution in [3.63, 3.8) is 0 Å². The van der Waals surface area contributed by atoms with Crippen LogP contribution < -0.4 is 4.90 Å². The molecule has 0 atom stereocenters. The first-order valence-electron chi connectivity index (χ1n) is 7.01. The number of hydrogen-bond donors (Lipinski definition) is 1. The number of aromatic amines is 1. The van der Waals surface area contributed by atoms with Crippen molar-refractivity contribution in [2.45, 2.75) is 5.16 Å². The predicted octanol–water partition coefficient (Wildman–Crippen LogP) is 3.60. The number of carbonyl (C=O) groups is 1. The van der Waals surface area contributed by atoms with E-state index in [1.807, 2.05) is 61.5 Å². The van der Waals surface area contributed by atoms with Crippen LogP contribution in [0.1, 0.15) is 10.4 Å². The van der Waals surface area contributed by atoms with Gasteiger partial charge < -0.3 is 9.88 Å². The van der Waals surface area contributed by atoms with Crippen molar-refractivity contribution in [2.24, 2.45) is 0 Å². The molecule has 3 rings (SSSR count). The van der Waals surface area contributed by atoms with Crippen molar-refractivity contribution in [3.05, 3.63) is 54.1 Å². The zero-order valence-corrected chi connectivity index (χ0v) is 13.4. The number of carbonyl (C=O) groups excluding carboxylic acids is 1. The van der Waals surface area contributed by atoms with Crippen molar-refractivity contribution in [1.29, 1.82) is 0 Å². The van der Waals surface area contributed by atoms with Gasteiger partial charge in [0.2, 0.25) is 0 Å². The number of Topliss-reactive ketones (excluding diaryl/α,β-unsaturated/α-hetero) is 1. The van der Waals surface area contributed by atoms with Crippen LogP contribution in [0.5, 0.6) is 0 Å². The first kappa shape index (κ1) is 14.7. The van der Waals surface area contributed by atoms with Crippen molar-refractivity contribution < 1.29 is 4.79 Å². The van der Waals surface area contributed by atoms with Gasteiger partial charge in [-0.2, -0.15) is 0 Å². The van der Waals surface area contributed by atoms with Gasteiger partial charge in [0.25, 0.3) is 0 Å². The molecule has 0 aliphatic carbocycles. The van der Waals surface area contributed by atoms with Crippen LogP contribution in [0, 0.1) is 0 Å². The molecule has 1 N–H and O–H groups in total. The van der Waals surface area contributed by atoms with E-state index in [9.17, 15) is 4.79 Å². The maximum Gasteiger partial charge on any atom is 0.173 e. The molecule has 5 heteroatoms. The molecule has 0 amide bonds. The SMILES string of the molecule is CN(C)c1ccc2nc(SCC(=O)c3ccccc3)[nH]c2c1. The van der Waals surface area contributed by atoms with Gasteiger partial charge in [-0.05, 0) is 18.2 Å². The molecule has 0 saturated heterocycles. The molecule has 112 valence electrons. The fourth-order valence-electron chi connectivity index (χ4n) is 2.16. The Morgan fingerprint density at radius 1 is 1.18 bits per heavy atom. The number of anilines is 1. The highest BCUT2D eigenvalue weighted by Gasteiger charge is 2.09. The predicted molar refractivity (Wildman–Crippen MR) is 91.9 cm³/mol. The lowest BCUT2D eigenvalue weighted by Gasteiger charge is -2.11. The Hall–Kier alpha value is -2.27. The van der Waals surface area contributed by atoms with Gasteiger partial charge in [-0.3, -0.25) is 4.79 Å². The standard InChI is InChI=1S/C17H17N3OS/c1-20(2)13-8-9-14-15(10-13)19-17(18-14)22-11-16(21)12-6-4-3-5-7-12/h3-10H,11H2,1-2H3,(H,18,19). The van der Waals surface area contributed by atoms with Crippen LogP contribution in [0.15, 0.2) is 53.7 Å². The number of rotatable bonds is 5. The maximum absolute atomic E-state index is 12.1. The fourth-order valence-corrected chi connectivity index (χ4v) is 2.94. The Morgan fingerprint density at radius 2 is 1.95 bits per heavy atom. The van der Waals surface area contributed by atoms with Crippen molar-refractivity contribution >= 4 is 34.3 Å². The van der Waals surface area contributed by atoms with Gasteiger partial charge in [0.05, 0.1) is 16.8 Å². The van der Waals surface area contributed by atoms with Crippen LogP contribution in [0.25, 0.3) is 11.0 Å². The summed E-state index contributed by atoms with van der Waals surface area (Å²) in [7, 11) is 4.01. The Bertz CT molecular complexity index is 796. The second-order valence-corrected chi connectivity index (χ2v) is 6.18. The summed E-state index contributed by atoms with van der Waals surface area (Å²) in [5, 5.41) is 0.773. The second kappa shape index (κ2) is 6.23. The molecule has 0 aliphatic rings. The van der Waals surface area contributed by atoms with Crippen molar-refractivity contribution in [3.8, 4) is 0 Å². The maximum atomic E-state index is 12.1. The Kier molecular flexibility index (Phi) is 4.15. The van der Waals surface area contributed by atoms with E-state index in [2.05, 4.69) is 16.0 Å². The summed E-state index contributed by atoms with van der Waals surface area (Å²) < 4.78 is 0. The second-order valence-electron chi connectivity index (χ2n) is 5.22. The van der Waals surface area contributed by atoms with E-state index in [4.69, 9.17) is 0 Å². The molecule has 3 aromatic rings. The summed E-state index contributed by atoms with van der Waals surface area (Å²) in [5.74, 6) is 0.490. The highest BCUT2D eigenvalue weighted by Crippen LogP contribution is 2.23. The third-order valence-electron chi connectivity index (χ3n) is 3.40. The quantitative estimate of drug-likeness (QED) is 0.578. The van der Waals surface area contributed by atoms with E-state index >= 15 is 0 Å². The largest absolute Gasteiger partial charge is 0.378 e. The van der Waals surface area contributed by atoms with Crippen LogP contribution in [0.3, 0.4) is 0 Å². The van der Waals surface area contributed by atoms with Gasteiger partial charge in [-0.1, -0.05) is 42.1 Å². The lowest BCUT2D eigenvalue weighted by molar-refractivity contribution is 0.102. The third kappa shape index (κ3) is 3.14. The number of imidazole rings is 1. The molecule has 0 saturated carbocycles. The highest BCUT2D eigenvalue weighted by molar-refractivity contribution is 7.99. The van der Waals surface area contributed by atoms with E-state index in [0.717, 1.165) is 27.4 Å². The van der Waals surface area contributed by atoms with E-state index < -0.39 is 0 Å². The normalized spacial score (nSPS) is 10.8. The topological polar surface area (TPSA) is 49.0 Å². The monoisotopic (exact) mass is 311 g/mol. The zero-order chi connectivity index (χ0) is 15.5. The number of nitrogens with one attached hydrogen (secondary N) is 1. The zero-order valence-electron chi connectivity index (χ0n) is 12.5. The summed E-state index contributed by atoms with van der Waals surface area (Å²) in [4.78, 5) is 21.9. The van der Waals surface area contributed by atoms with Gasteiger partial charge in [-0.25, -0.2) is 4.98 Å². The van der Waals surface area contributed by atoms with E-state index in [1.54, 1.807) is 0 Å². The van der Waals surface area contributed by atoms with E-state index in [-0.39, 0.29) is 5.78 Å². The Morgan fingerprint density at radius 3 is 2.68 bits per heavy atom. The van der Waals surface area contributed by atoms with Crippen LogP contribution in [0.2, 0.25) is 0 Å². The molecule has 0 radical (unpaired) electrons. The average molecular weight is 311 g/mol. The molecule has 2 aromatic carbocycles. The summed E-state index contributed by atoms with van der Waals surface area (Å²) in [6.45, 7) is 0. The molecule has 0 bridgehead atoms. The third-order valence-corrected chi connectivity index (χ3v) is 4.27. The fraction of sp³-hybridized carbons (Fsp3) is 0.176. The first-order valence-corrected chi connectivity index (χ1v) is 8.00. The lowest BCUT2D eigenvalue weighted by Crippen LogP contribution is -2.07. The molecule has 0 unspecified atom stereocenters. The molecule has 4 nitrogen and oxygen atoms in total. The minimum Gasteiger partial charge on any atom is -0.378 e. The molecule has 1 heterocycles. The van der Waals surface area contributed by atoms with Gasteiger partial charge in [0.1, 0.15) is 0 Å². The molecular weight excluding hydrogens is 294 g/mol. The highest BCUT2D eigenvalue weighted by atomic mass is 32.2. The number of hydrogen-bond acceptors (Lipinski definition) is 4. The van der Waals surface area contributed by atoms with Crippen molar-refractivity contribution in [1.82, 2.24) is 9.97 Å². The minimum absolute atomic E-state index is 0.111. The van der Waals surface area contributed by atoms with Gasteiger partial charge in [0.15, 0.2) is 10.9 Å². The summed E-state index contributed by atoms with van der Waals surface area (Å²) in [6, 6.07) is 15.4. The molecule has 0 spiro atoms. The van der Waals surface area contributed by atoms with Crippen LogP contribution in [0.4, 0.5) is 5.69 Å². The van der Waals surface area contributed by atoms with Gasteiger partial charge in [-0.15, -0.1) is 0 Å². The molecule has 22 heavy (non-hydrogen) atoms. The average Bonchev–Trinajstić information content (AvgIpc) is 2.95. The number of ketones is 1. The number of fused-ring (bicyclic) bond motifs is 1. The summed E-state index contributed by atoms with van der Waals surface area (Å²) >= 11 is 1.43. The smallest absolute Gasteiger partial charge is 0.173 e. The summed E-state index contributed by atoms with van der Waals surface area (Å²) in [6.07, 6.45) is 0. The van der Waals surface area contributed by atoms with E-state index in [0.29, 0.717) is 5.75 Å². The first-order chi connectivity index (χ1) is 10.6. The number of nitrogens with zero attached hydrogens (tertiary/aromatic N) is 2. The van der Waals surface area contributed by atoms with Crippen LogP contribution in [-0.4, -0.2) is 35.6 Å². The number of H-pyrrole nitrogens is 1. The molecular formula is C17H17N3OS. The lowest BCUT2D eigenvalue weighted by atomic mass is 10.2. The molecule has 0 fully saturated rings. The van der Waals surface area contributed by atoms with Crippen molar-refractivity contribution in [2.75, 3.05) is 24.7 Å². The Labute approximate surface area is 133 Å². The number of aromatic nitrogens is 2. The Balaban J connectivity index is 1.73. The molecule has 0 aliphatic heterocycles. The van der Waals surface area contributed by atoms with Crippen LogP contribution in [-0.2, 0) is 0 Å². The van der Waals surface area contributed by atoms with Gasteiger partial charge in [0, 0.05) is 25.3 Å². The van der Waals surface area contributed by atoms with Gasteiger partial charge >= 0.3 is 0 Å². The summed E-state index contributed by atoms with van der Waals surface area (Å²) in [5.41, 5.74) is 3.76. The van der Waals surface area contributed by atoms with Crippen LogP contribution >= 0.6 is 11.8 Å².